The first-order chi connectivity index (χ1) is 12.0. The highest BCUT2D eigenvalue weighted by atomic mass is 16.5. The number of ether oxygens (including phenoxy) is 1. The van der Waals surface area contributed by atoms with E-state index in [1.54, 1.807) is 7.11 Å². The van der Waals surface area contributed by atoms with Gasteiger partial charge in [-0.25, -0.2) is 0 Å². The van der Waals surface area contributed by atoms with Crippen LogP contribution in [0.3, 0.4) is 0 Å². The number of likely N-dealkylation sites (tertiary alicyclic amines) is 1. The second kappa shape index (κ2) is 9.78. The maximum absolute atomic E-state index is 12.2. The number of methoxy groups -OCH3 is 1. The van der Waals surface area contributed by atoms with Crippen LogP contribution < -0.4 is 10.1 Å². The fourth-order valence-corrected chi connectivity index (χ4v) is 3.26. The molecule has 1 heterocycles. The van der Waals surface area contributed by atoms with Gasteiger partial charge in [0.05, 0.1) is 13.2 Å². The number of nitrogens with zero attached hydrogens (tertiary/aromatic N) is 1. The minimum atomic E-state index is -0.510. The highest BCUT2D eigenvalue weighted by Crippen LogP contribution is 2.23. The van der Waals surface area contributed by atoms with Crippen molar-refractivity contribution >= 4 is 5.91 Å². The second-order valence-electron chi connectivity index (χ2n) is 7.32. The smallest absolute Gasteiger partial charge is 0.220 e. The lowest BCUT2D eigenvalue weighted by Crippen LogP contribution is -2.43. The Kier molecular flexibility index (Phi) is 7.72. The molecule has 1 aliphatic heterocycles. The predicted molar refractivity (Wildman–Crippen MR) is 99.9 cm³/mol. The summed E-state index contributed by atoms with van der Waals surface area (Å²) < 4.78 is 5.23. The van der Waals surface area contributed by atoms with Crippen molar-refractivity contribution in [2.24, 2.45) is 5.92 Å². The van der Waals surface area contributed by atoms with Gasteiger partial charge in [0, 0.05) is 19.5 Å². The van der Waals surface area contributed by atoms with Crippen molar-refractivity contribution in [2.45, 2.75) is 45.1 Å². The Bertz CT molecular complexity index is 541. The van der Waals surface area contributed by atoms with Gasteiger partial charge in [0.25, 0.3) is 0 Å². The summed E-state index contributed by atoms with van der Waals surface area (Å²) in [5.74, 6) is 1.67. The number of hydrogen-bond donors (Lipinski definition) is 2. The second-order valence-corrected chi connectivity index (χ2v) is 7.32. The van der Waals surface area contributed by atoms with Crippen molar-refractivity contribution in [2.75, 3.05) is 33.3 Å². The highest BCUT2D eigenvalue weighted by Gasteiger charge is 2.19. The van der Waals surface area contributed by atoms with Gasteiger partial charge in [0.1, 0.15) is 5.75 Å². The Hall–Kier alpha value is -1.59. The molecule has 0 bridgehead atoms. The molecule has 1 saturated heterocycles. The highest BCUT2D eigenvalue weighted by molar-refractivity contribution is 5.76. The predicted octanol–water partition coefficient (Wildman–Crippen LogP) is 2.40. The van der Waals surface area contributed by atoms with Gasteiger partial charge >= 0.3 is 0 Å². The molecule has 1 aromatic carbocycles. The summed E-state index contributed by atoms with van der Waals surface area (Å²) in [7, 11) is 1.64. The number of β-amino-alcohol motifs (C(OH)–C–C–N with tert-alkyl or cyclic N) is 1. The number of aliphatic hydroxyl groups is 1. The number of carbonyl (C=O) groups is 1. The van der Waals surface area contributed by atoms with Crippen LogP contribution >= 0.6 is 0 Å². The summed E-state index contributed by atoms with van der Waals surface area (Å²) in [5, 5.41) is 13.0. The molecule has 0 aliphatic carbocycles. The normalized spacial score (nSPS) is 18.6. The molecule has 1 amide bonds. The number of rotatable bonds is 8. The molecule has 1 fully saturated rings. The zero-order chi connectivity index (χ0) is 18.2. The number of piperidine rings is 1. The van der Waals surface area contributed by atoms with E-state index in [1.165, 1.54) is 12.8 Å². The lowest BCUT2D eigenvalue weighted by molar-refractivity contribution is -0.121. The lowest BCUT2D eigenvalue weighted by atomic mass is 9.97. The van der Waals surface area contributed by atoms with E-state index in [0.29, 0.717) is 19.5 Å². The average molecular weight is 348 g/mol. The van der Waals surface area contributed by atoms with E-state index >= 15 is 0 Å². The Morgan fingerprint density at radius 1 is 1.40 bits per heavy atom. The van der Waals surface area contributed by atoms with Crippen molar-refractivity contribution < 1.29 is 14.6 Å². The van der Waals surface area contributed by atoms with E-state index in [4.69, 9.17) is 4.74 Å². The maximum Gasteiger partial charge on any atom is 0.220 e. The van der Waals surface area contributed by atoms with Gasteiger partial charge in [-0.15, -0.1) is 0 Å². The Labute approximate surface area is 151 Å². The first-order valence-corrected chi connectivity index (χ1v) is 9.29. The fraction of sp³-hybridized carbons (Fsp3) is 0.650. The Morgan fingerprint density at radius 2 is 2.12 bits per heavy atom. The van der Waals surface area contributed by atoms with E-state index in [1.807, 2.05) is 31.2 Å². The number of benzene rings is 1. The van der Waals surface area contributed by atoms with Gasteiger partial charge in [0.2, 0.25) is 5.91 Å². The van der Waals surface area contributed by atoms with E-state index in [2.05, 4.69) is 17.1 Å². The third-order valence-electron chi connectivity index (χ3n) is 5.03. The minimum Gasteiger partial charge on any atom is -0.497 e. The summed E-state index contributed by atoms with van der Waals surface area (Å²) in [6.07, 6.45) is 2.28. The molecule has 2 atom stereocenters. The van der Waals surface area contributed by atoms with Gasteiger partial charge in [0.15, 0.2) is 0 Å². The largest absolute Gasteiger partial charge is 0.497 e. The quantitative estimate of drug-likeness (QED) is 0.757. The molecule has 2 unspecified atom stereocenters. The fourth-order valence-electron chi connectivity index (χ4n) is 3.26. The molecule has 5 heteroatoms. The van der Waals surface area contributed by atoms with Crippen LogP contribution in [0.15, 0.2) is 24.3 Å². The average Bonchev–Trinajstić information content (AvgIpc) is 2.62. The first kappa shape index (κ1) is 19.7. The minimum absolute atomic E-state index is 0.0263. The molecule has 2 N–H and O–H groups in total. The summed E-state index contributed by atoms with van der Waals surface area (Å²) in [6.45, 7) is 7.34. The molecule has 0 aromatic heterocycles. The number of hydrogen-bond acceptors (Lipinski definition) is 4. The zero-order valence-electron chi connectivity index (χ0n) is 15.7. The molecule has 0 radical (unpaired) electrons. The monoisotopic (exact) mass is 348 g/mol. The van der Waals surface area contributed by atoms with Crippen LogP contribution in [0.25, 0.3) is 0 Å². The van der Waals surface area contributed by atoms with Crippen molar-refractivity contribution in [3.8, 4) is 5.75 Å². The third-order valence-corrected chi connectivity index (χ3v) is 5.03. The van der Waals surface area contributed by atoms with Crippen molar-refractivity contribution in [3.63, 3.8) is 0 Å². The van der Waals surface area contributed by atoms with E-state index in [9.17, 15) is 9.90 Å². The van der Waals surface area contributed by atoms with Crippen LogP contribution in [0, 0.1) is 5.92 Å². The van der Waals surface area contributed by atoms with Crippen molar-refractivity contribution in [1.82, 2.24) is 10.2 Å². The summed E-state index contributed by atoms with van der Waals surface area (Å²) in [4.78, 5) is 14.4. The number of carbonyl (C=O) groups excluding carboxylic acids is 1. The van der Waals surface area contributed by atoms with Gasteiger partial charge in [-0.3, -0.25) is 4.79 Å². The summed E-state index contributed by atoms with van der Waals surface area (Å²) in [5.41, 5.74) is 1.08. The van der Waals surface area contributed by atoms with E-state index < -0.39 is 6.10 Å². The molecule has 1 aromatic rings. The third kappa shape index (κ3) is 6.67. The molecule has 1 aliphatic rings. The Balaban J connectivity index is 1.70. The maximum atomic E-state index is 12.2. The van der Waals surface area contributed by atoms with Crippen LogP contribution in [0.1, 0.15) is 44.6 Å². The van der Waals surface area contributed by atoms with Gasteiger partial charge in [-0.1, -0.05) is 26.0 Å². The van der Waals surface area contributed by atoms with Crippen LogP contribution in [0.5, 0.6) is 5.75 Å². The van der Waals surface area contributed by atoms with Crippen LogP contribution in [0.2, 0.25) is 0 Å². The van der Waals surface area contributed by atoms with Crippen molar-refractivity contribution in [3.05, 3.63) is 29.8 Å². The number of aliphatic hydroxyl groups excluding tert-OH is 1. The van der Waals surface area contributed by atoms with E-state index in [-0.39, 0.29) is 11.8 Å². The molecule has 140 valence electrons. The number of nitrogens with one attached hydrogen (secondary N) is 1. The van der Waals surface area contributed by atoms with Gasteiger partial charge in [-0.2, -0.15) is 0 Å². The lowest BCUT2D eigenvalue weighted by Gasteiger charge is -2.31. The standard InChI is InChI=1S/C20H32N2O3/c1-15-7-9-22(10-8-15)14-18(23)13-21-20(24)11-16(2)17-5-4-6-19(12-17)25-3/h4-6,12,15-16,18,23H,7-11,13-14H2,1-3H3,(H,21,24). The van der Waals surface area contributed by atoms with Gasteiger partial charge < -0.3 is 20.1 Å². The summed E-state index contributed by atoms with van der Waals surface area (Å²) in [6, 6.07) is 7.80. The molecule has 0 spiro atoms. The Morgan fingerprint density at radius 3 is 2.80 bits per heavy atom. The molecular weight excluding hydrogens is 316 g/mol. The molecule has 0 saturated carbocycles. The van der Waals surface area contributed by atoms with Gasteiger partial charge in [-0.05, 0) is 55.5 Å². The molecule has 5 nitrogen and oxygen atoms in total. The van der Waals surface area contributed by atoms with E-state index in [0.717, 1.165) is 30.3 Å². The SMILES string of the molecule is COc1cccc(C(C)CC(=O)NCC(O)CN2CCC(C)CC2)c1. The molecule has 2 rings (SSSR count). The van der Waals surface area contributed by atoms with Crippen LogP contribution in [-0.4, -0.2) is 55.3 Å². The first-order valence-electron chi connectivity index (χ1n) is 9.29. The van der Waals surface area contributed by atoms with Crippen LogP contribution in [-0.2, 0) is 4.79 Å². The zero-order valence-corrected chi connectivity index (χ0v) is 15.7. The molecule has 25 heavy (non-hydrogen) atoms. The van der Waals surface area contributed by atoms with Crippen molar-refractivity contribution in [1.29, 1.82) is 0 Å². The molecular formula is C20H32N2O3. The number of amides is 1. The van der Waals surface area contributed by atoms with Crippen LogP contribution in [0.4, 0.5) is 0 Å². The summed E-state index contributed by atoms with van der Waals surface area (Å²) >= 11 is 0. The topological polar surface area (TPSA) is 61.8 Å².